The first kappa shape index (κ1) is 11.3. The van der Waals surface area contributed by atoms with E-state index in [0.717, 1.165) is 5.57 Å². The highest BCUT2D eigenvalue weighted by Crippen LogP contribution is 2.65. The van der Waals surface area contributed by atoms with Crippen molar-refractivity contribution in [2.24, 2.45) is 23.7 Å². The quantitative estimate of drug-likeness (QED) is 0.484. The van der Waals surface area contributed by atoms with Crippen LogP contribution in [0, 0.1) is 23.7 Å². The zero-order valence-corrected chi connectivity index (χ0v) is 11.4. The van der Waals surface area contributed by atoms with Crippen molar-refractivity contribution in [2.45, 2.75) is 44.2 Å². The molecule has 5 nitrogen and oxygen atoms in total. The van der Waals surface area contributed by atoms with E-state index in [1.807, 2.05) is 13.0 Å². The molecule has 0 radical (unpaired) electrons. The van der Waals surface area contributed by atoms with E-state index in [1.54, 1.807) is 0 Å². The monoisotopic (exact) mass is 276 g/mol. The summed E-state index contributed by atoms with van der Waals surface area (Å²) in [5, 5.41) is 0. The van der Waals surface area contributed by atoms with E-state index in [0.29, 0.717) is 6.42 Å². The van der Waals surface area contributed by atoms with Gasteiger partial charge < -0.3 is 14.2 Å². The van der Waals surface area contributed by atoms with Gasteiger partial charge in [-0.25, -0.2) is 4.79 Å². The fraction of sp³-hybridized carbons (Fsp3) is 0.733. The number of fused-ring (bicyclic) bond motifs is 5. The van der Waals surface area contributed by atoms with E-state index in [2.05, 4.69) is 6.92 Å². The molecule has 8 atom stereocenters. The number of ether oxygens (including phenoxy) is 3. The van der Waals surface area contributed by atoms with Gasteiger partial charge in [0.2, 0.25) is 0 Å². The van der Waals surface area contributed by atoms with E-state index in [4.69, 9.17) is 14.2 Å². The maximum atomic E-state index is 12.0. The second-order valence-corrected chi connectivity index (χ2v) is 6.89. The second kappa shape index (κ2) is 3.11. The highest BCUT2D eigenvalue weighted by atomic mass is 16.7. The summed E-state index contributed by atoms with van der Waals surface area (Å²) in [7, 11) is 0. The minimum atomic E-state index is -0.299. The number of epoxide rings is 1. The van der Waals surface area contributed by atoms with Crippen LogP contribution in [0.3, 0.4) is 0 Å². The van der Waals surface area contributed by atoms with E-state index >= 15 is 0 Å². The average Bonchev–Trinajstić information content (AvgIpc) is 2.84. The summed E-state index contributed by atoms with van der Waals surface area (Å²) in [5.74, 6) is -0.186. The van der Waals surface area contributed by atoms with Crippen LogP contribution in [0.4, 0.5) is 0 Å². The first-order valence-electron chi connectivity index (χ1n) is 7.31. The summed E-state index contributed by atoms with van der Waals surface area (Å²) in [4.78, 5) is 24.0. The highest BCUT2D eigenvalue weighted by Gasteiger charge is 2.78. The van der Waals surface area contributed by atoms with Gasteiger partial charge in [-0.3, -0.25) is 4.79 Å². The third-order valence-electron chi connectivity index (χ3n) is 6.08. The summed E-state index contributed by atoms with van der Waals surface area (Å²) in [6.45, 7) is 3.98. The van der Waals surface area contributed by atoms with Crippen molar-refractivity contribution in [3.8, 4) is 0 Å². The molecule has 0 aromatic carbocycles. The Balaban J connectivity index is 1.66. The zero-order valence-electron chi connectivity index (χ0n) is 11.4. The summed E-state index contributed by atoms with van der Waals surface area (Å²) in [6, 6.07) is 0. The molecule has 3 aliphatic heterocycles. The molecule has 0 aromatic heterocycles. The van der Waals surface area contributed by atoms with Crippen molar-refractivity contribution >= 4 is 11.9 Å². The van der Waals surface area contributed by atoms with Gasteiger partial charge in [0.1, 0.15) is 23.9 Å². The van der Waals surface area contributed by atoms with Gasteiger partial charge in [0.05, 0.1) is 5.92 Å². The Kier molecular flexibility index (Phi) is 1.76. The second-order valence-electron chi connectivity index (χ2n) is 6.89. The smallest absolute Gasteiger partial charge is 0.334 e. The van der Waals surface area contributed by atoms with E-state index in [1.165, 1.54) is 0 Å². The molecular formula is C15H16O5. The molecule has 2 aliphatic carbocycles. The molecule has 1 saturated carbocycles. The number of hydrogen-bond donors (Lipinski definition) is 0. The SMILES string of the molecule is C[C@@H]1C(=O)O[C@H]2[C@H]1CC=C1C(=O)O[C@H]3[C@@H]1[C@@H]2[C@]1(C)O[C@H]31. The standard InChI is InChI=1S/C15H16O5/c1-5-6-3-4-7-8-9(10(6)18-13(5)16)15(2)12(20-15)11(8)19-14(7)17/h4-6,8-12H,3H2,1-2H3/t5-,6-,8-,9-,10-,11-,12+,15-/m0/s1. The van der Waals surface area contributed by atoms with Gasteiger partial charge in [0, 0.05) is 23.3 Å². The Labute approximate surface area is 116 Å². The molecular weight excluding hydrogens is 260 g/mol. The molecule has 3 heterocycles. The van der Waals surface area contributed by atoms with Crippen LogP contribution in [0.15, 0.2) is 11.6 Å². The molecule has 0 aromatic rings. The predicted molar refractivity (Wildman–Crippen MR) is 65.4 cm³/mol. The number of carbonyl (C=O) groups excluding carboxylic acids is 2. The fourth-order valence-electron chi connectivity index (χ4n) is 4.96. The van der Waals surface area contributed by atoms with E-state index in [9.17, 15) is 9.59 Å². The average molecular weight is 276 g/mol. The van der Waals surface area contributed by atoms with Gasteiger partial charge in [-0.1, -0.05) is 13.0 Å². The third-order valence-corrected chi connectivity index (χ3v) is 6.08. The lowest BCUT2D eigenvalue weighted by Gasteiger charge is -2.30. The van der Waals surface area contributed by atoms with Crippen LogP contribution in [0.25, 0.3) is 0 Å². The molecule has 106 valence electrons. The lowest BCUT2D eigenvalue weighted by Crippen LogP contribution is -2.39. The lowest BCUT2D eigenvalue weighted by molar-refractivity contribution is -0.148. The largest absolute Gasteiger partial charge is 0.461 e. The first-order valence-corrected chi connectivity index (χ1v) is 7.31. The molecule has 0 amide bonds. The summed E-state index contributed by atoms with van der Waals surface area (Å²) in [6.07, 6.45) is 2.34. The Morgan fingerprint density at radius 1 is 1.25 bits per heavy atom. The van der Waals surface area contributed by atoms with Crippen molar-refractivity contribution in [1.29, 1.82) is 0 Å². The van der Waals surface area contributed by atoms with Gasteiger partial charge in [0.15, 0.2) is 0 Å². The zero-order chi connectivity index (χ0) is 13.8. The van der Waals surface area contributed by atoms with E-state index < -0.39 is 0 Å². The molecule has 0 bridgehead atoms. The fourth-order valence-corrected chi connectivity index (χ4v) is 4.96. The van der Waals surface area contributed by atoms with Gasteiger partial charge in [0.25, 0.3) is 0 Å². The number of rotatable bonds is 0. The normalized spacial score (nSPS) is 58.1. The van der Waals surface area contributed by atoms with Crippen LogP contribution in [-0.4, -0.2) is 35.9 Å². The minimum Gasteiger partial charge on any atom is -0.461 e. The molecule has 20 heavy (non-hydrogen) atoms. The molecule has 5 aliphatic rings. The van der Waals surface area contributed by atoms with Crippen molar-refractivity contribution in [1.82, 2.24) is 0 Å². The minimum absolute atomic E-state index is 0.0271. The van der Waals surface area contributed by atoms with E-state index in [-0.39, 0.29) is 59.5 Å². The lowest BCUT2D eigenvalue weighted by atomic mass is 9.76. The molecule has 0 spiro atoms. The Morgan fingerprint density at radius 3 is 2.85 bits per heavy atom. The number of esters is 2. The molecule has 3 saturated heterocycles. The van der Waals surface area contributed by atoms with Crippen molar-refractivity contribution in [3.63, 3.8) is 0 Å². The van der Waals surface area contributed by atoms with Gasteiger partial charge >= 0.3 is 11.9 Å². The third kappa shape index (κ3) is 1.04. The maximum absolute atomic E-state index is 12.0. The van der Waals surface area contributed by atoms with Crippen molar-refractivity contribution < 1.29 is 23.8 Å². The Hall–Kier alpha value is -1.36. The van der Waals surface area contributed by atoms with Crippen LogP contribution in [0.1, 0.15) is 20.3 Å². The van der Waals surface area contributed by atoms with Crippen LogP contribution >= 0.6 is 0 Å². The Bertz CT molecular complexity index is 581. The van der Waals surface area contributed by atoms with Crippen LogP contribution in [0.5, 0.6) is 0 Å². The molecule has 0 N–H and O–H groups in total. The summed E-state index contributed by atoms with van der Waals surface area (Å²) in [5.41, 5.74) is 0.488. The number of hydrogen-bond acceptors (Lipinski definition) is 5. The first-order chi connectivity index (χ1) is 9.52. The molecule has 5 rings (SSSR count). The number of allylic oxidation sites excluding steroid dienone is 1. The summed E-state index contributed by atoms with van der Waals surface area (Å²) < 4.78 is 17.0. The van der Waals surface area contributed by atoms with Gasteiger partial charge in [-0.2, -0.15) is 0 Å². The number of carbonyl (C=O) groups is 2. The Morgan fingerprint density at radius 2 is 2.05 bits per heavy atom. The topological polar surface area (TPSA) is 65.1 Å². The summed E-state index contributed by atoms with van der Waals surface area (Å²) >= 11 is 0. The van der Waals surface area contributed by atoms with Crippen molar-refractivity contribution in [3.05, 3.63) is 11.6 Å². The van der Waals surface area contributed by atoms with Crippen LogP contribution in [-0.2, 0) is 23.8 Å². The van der Waals surface area contributed by atoms with Crippen LogP contribution < -0.4 is 0 Å². The van der Waals surface area contributed by atoms with Gasteiger partial charge in [-0.05, 0) is 13.3 Å². The predicted octanol–water partition coefficient (Wildman–Crippen LogP) is 0.823. The molecule has 5 heteroatoms. The van der Waals surface area contributed by atoms with Gasteiger partial charge in [-0.15, -0.1) is 0 Å². The maximum Gasteiger partial charge on any atom is 0.334 e. The molecule has 0 unspecified atom stereocenters. The molecule has 4 fully saturated rings. The van der Waals surface area contributed by atoms with Crippen molar-refractivity contribution in [2.75, 3.05) is 0 Å². The highest BCUT2D eigenvalue weighted by molar-refractivity contribution is 5.92. The van der Waals surface area contributed by atoms with Crippen LogP contribution in [0.2, 0.25) is 0 Å².